The maximum atomic E-state index is 4.16. The summed E-state index contributed by atoms with van der Waals surface area (Å²) >= 11 is 4.10. The van der Waals surface area contributed by atoms with Crippen LogP contribution in [0.3, 0.4) is 0 Å². The Labute approximate surface area is 60.5 Å². The summed E-state index contributed by atoms with van der Waals surface area (Å²) in [5.41, 5.74) is 1.10. The highest BCUT2D eigenvalue weighted by Crippen LogP contribution is 2.02. The largest absolute Gasteiger partial charge is 0.247 e. The van der Waals surface area contributed by atoms with Gasteiger partial charge in [-0.25, -0.2) is 4.98 Å². The van der Waals surface area contributed by atoms with Crippen LogP contribution in [0.1, 0.15) is 12.6 Å². The van der Waals surface area contributed by atoms with E-state index in [1.807, 2.05) is 18.2 Å². The molecule has 0 amide bonds. The Morgan fingerprint density at radius 2 is 2.33 bits per heavy atom. The molecule has 2 heteroatoms. The summed E-state index contributed by atoms with van der Waals surface area (Å²) in [7, 11) is 0. The molecule has 0 aliphatic carbocycles. The normalized spacial score (nSPS) is 9.56. The number of hydrogen-bond acceptors (Lipinski definition) is 2. The molecular formula is C7H9NS. The molecule has 0 atom stereocenters. The minimum atomic E-state index is 0.800. The minimum absolute atomic E-state index is 0.800. The second kappa shape index (κ2) is 2.87. The molecule has 0 saturated carbocycles. The monoisotopic (exact) mass is 139 g/mol. The van der Waals surface area contributed by atoms with E-state index in [1.165, 1.54) is 0 Å². The lowest BCUT2D eigenvalue weighted by Crippen LogP contribution is -1.84. The van der Waals surface area contributed by atoms with Gasteiger partial charge in [0.1, 0.15) is 0 Å². The third kappa shape index (κ3) is 1.72. The summed E-state index contributed by atoms with van der Waals surface area (Å²) in [5.74, 6) is 0. The molecule has 0 aromatic carbocycles. The summed E-state index contributed by atoms with van der Waals surface area (Å²) in [6, 6.07) is 5.84. The molecule has 0 radical (unpaired) electrons. The van der Waals surface area contributed by atoms with Crippen LogP contribution in [-0.4, -0.2) is 4.98 Å². The summed E-state index contributed by atoms with van der Waals surface area (Å²) < 4.78 is 0. The van der Waals surface area contributed by atoms with Crippen molar-refractivity contribution < 1.29 is 0 Å². The zero-order valence-corrected chi connectivity index (χ0v) is 6.23. The molecule has 1 aromatic heterocycles. The summed E-state index contributed by atoms with van der Waals surface area (Å²) in [6.45, 7) is 2.08. The molecule has 48 valence electrons. The first kappa shape index (κ1) is 6.62. The predicted octanol–water partition coefficient (Wildman–Crippen LogP) is 1.93. The van der Waals surface area contributed by atoms with Crippen LogP contribution in [0.4, 0.5) is 0 Å². The van der Waals surface area contributed by atoms with Crippen LogP contribution in [0.5, 0.6) is 0 Å². The van der Waals surface area contributed by atoms with E-state index < -0.39 is 0 Å². The van der Waals surface area contributed by atoms with Crippen LogP contribution in [0.2, 0.25) is 0 Å². The van der Waals surface area contributed by atoms with Gasteiger partial charge in [0.2, 0.25) is 0 Å². The Kier molecular flexibility index (Phi) is 2.11. The van der Waals surface area contributed by atoms with Crippen molar-refractivity contribution in [2.24, 2.45) is 0 Å². The number of thiol groups is 1. The lowest BCUT2D eigenvalue weighted by atomic mass is 10.3. The number of hydrogen-bond donors (Lipinski definition) is 1. The smallest absolute Gasteiger partial charge is 0.0932 e. The Morgan fingerprint density at radius 1 is 1.56 bits per heavy atom. The molecule has 0 saturated heterocycles. The molecule has 0 spiro atoms. The van der Waals surface area contributed by atoms with Crippen LogP contribution in [-0.2, 0) is 6.42 Å². The topological polar surface area (TPSA) is 12.9 Å². The molecule has 9 heavy (non-hydrogen) atoms. The van der Waals surface area contributed by atoms with Gasteiger partial charge in [0.25, 0.3) is 0 Å². The zero-order valence-electron chi connectivity index (χ0n) is 5.33. The van der Waals surface area contributed by atoms with Crippen molar-refractivity contribution in [2.45, 2.75) is 18.4 Å². The van der Waals surface area contributed by atoms with E-state index in [2.05, 4.69) is 24.5 Å². The maximum Gasteiger partial charge on any atom is 0.0932 e. The molecule has 1 aromatic rings. The Morgan fingerprint density at radius 3 is 2.78 bits per heavy atom. The Hall–Kier alpha value is -0.500. The molecule has 0 aliphatic heterocycles. The van der Waals surface area contributed by atoms with Crippen LogP contribution < -0.4 is 0 Å². The fraction of sp³-hybridized carbons (Fsp3) is 0.286. The molecule has 1 heterocycles. The number of nitrogens with zero attached hydrogens (tertiary/aromatic N) is 1. The van der Waals surface area contributed by atoms with E-state index in [0.717, 1.165) is 17.1 Å². The van der Waals surface area contributed by atoms with Crippen molar-refractivity contribution in [1.82, 2.24) is 4.98 Å². The van der Waals surface area contributed by atoms with E-state index >= 15 is 0 Å². The Bertz CT molecular complexity index is 198. The highest BCUT2D eigenvalue weighted by molar-refractivity contribution is 7.80. The van der Waals surface area contributed by atoms with Gasteiger partial charge in [0.15, 0.2) is 0 Å². The van der Waals surface area contributed by atoms with Crippen molar-refractivity contribution in [1.29, 1.82) is 0 Å². The SMILES string of the molecule is CCc1cccc(S)n1. The molecule has 1 nitrogen and oxygen atoms in total. The van der Waals surface area contributed by atoms with Gasteiger partial charge in [0.05, 0.1) is 5.03 Å². The van der Waals surface area contributed by atoms with E-state index in [9.17, 15) is 0 Å². The van der Waals surface area contributed by atoms with E-state index in [0.29, 0.717) is 0 Å². The highest BCUT2D eigenvalue weighted by atomic mass is 32.1. The lowest BCUT2D eigenvalue weighted by Gasteiger charge is -1.93. The molecule has 0 fully saturated rings. The quantitative estimate of drug-likeness (QED) is 0.587. The first-order valence-electron chi connectivity index (χ1n) is 2.98. The maximum absolute atomic E-state index is 4.16. The van der Waals surface area contributed by atoms with Gasteiger partial charge in [-0.2, -0.15) is 0 Å². The number of aryl methyl sites for hydroxylation is 1. The van der Waals surface area contributed by atoms with Crippen molar-refractivity contribution in [2.75, 3.05) is 0 Å². The highest BCUT2D eigenvalue weighted by Gasteiger charge is 1.88. The van der Waals surface area contributed by atoms with Crippen molar-refractivity contribution in [3.63, 3.8) is 0 Å². The van der Waals surface area contributed by atoms with Crippen molar-refractivity contribution >= 4 is 12.6 Å². The van der Waals surface area contributed by atoms with Crippen LogP contribution in [0, 0.1) is 0 Å². The van der Waals surface area contributed by atoms with Crippen LogP contribution in [0.25, 0.3) is 0 Å². The Balaban J connectivity index is 2.94. The van der Waals surface area contributed by atoms with Crippen molar-refractivity contribution in [3.05, 3.63) is 23.9 Å². The van der Waals surface area contributed by atoms with Crippen LogP contribution in [0.15, 0.2) is 23.2 Å². The van der Waals surface area contributed by atoms with Gasteiger partial charge in [-0.3, -0.25) is 0 Å². The minimum Gasteiger partial charge on any atom is -0.247 e. The second-order valence-electron chi connectivity index (χ2n) is 1.84. The molecular weight excluding hydrogens is 130 g/mol. The average molecular weight is 139 g/mol. The first-order valence-corrected chi connectivity index (χ1v) is 3.42. The second-order valence-corrected chi connectivity index (χ2v) is 2.30. The third-order valence-corrected chi connectivity index (χ3v) is 1.40. The van der Waals surface area contributed by atoms with Crippen molar-refractivity contribution in [3.8, 4) is 0 Å². The molecule has 0 bridgehead atoms. The molecule has 1 rings (SSSR count). The summed E-state index contributed by atoms with van der Waals surface area (Å²) in [4.78, 5) is 4.16. The van der Waals surface area contributed by atoms with Gasteiger partial charge in [-0.15, -0.1) is 12.6 Å². The lowest BCUT2D eigenvalue weighted by molar-refractivity contribution is 0.975. The van der Waals surface area contributed by atoms with Gasteiger partial charge in [-0.05, 0) is 18.6 Å². The number of aromatic nitrogens is 1. The van der Waals surface area contributed by atoms with Crippen LogP contribution >= 0.6 is 12.6 Å². The molecule has 0 unspecified atom stereocenters. The molecule has 0 aliphatic rings. The van der Waals surface area contributed by atoms with Gasteiger partial charge >= 0.3 is 0 Å². The predicted molar refractivity (Wildman–Crippen MR) is 40.9 cm³/mol. The third-order valence-electron chi connectivity index (χ3n) is 1.15. The summed E-state index contributed by atoms with van der Waals surface area (Å²) in [6.07, 6.45) is 0.981. The zero-order chi connectivity index (χ0) is 6.69. The van der Waals surface area contributed by atoms with Gasteiger partial charge in [0, 0.05) is 5.69 Å². The fourth-order valence-electron chi connectivity index (χ4n) is 0.664. The van der Waals surface area contributed by atoms with E-state index in [4.69, 9.17) is 0 Å². The standard InChI is InChI=1S/C7H9NS/c1-2-6-4-3-5-7(9)8-6/h3-5H,2H2,1H3,(H,8,9). The van der Waals surface area contributed by atoms with E-state index in [-0.39, 0.29) is 0 Å². The first-order chi connectivity index (χ1) is 4.33. The molecule has 0 N–H and O–H groups in total. The van der Waals surface area contributed by atoms with Gasteiger partial charge in [-0.1, -0.05) is 13.0 Å². The van der Waals surface area contributed by atoms with E-state index in [1.54, 1.807) is 0 Å². The van der Waals surface area contributed by atoms with Gasteiger partial charge < -0.3 is 0 Å². The number of pyridine rings is 1. The summed E-state index contributed by atoms with van der Waals surface area (Å²) in [5, 5.41) is 0.800. The fourth-order valence-corrected chi connectivity index (χ4v) is 0.878. The number of rotatable bonds is 1. The average Bonchev–Trinajstić information content (AvgIpc) is 1.88.